The lowest BCUT2D eigenvalue weighted by atomic mass is 10.1. The predicted molar refractivity (Wildman–Crippen MR) is 81.1 cm³/mol. The van der Waals surface area contributed by atoms with Crippen LogP contribution in [-0.2, 0) is 13.0 Å². The van der Waals surface area contributed by atoms with Gasteiger partial charge in [0.25, 0.3) is 5.69 Å². The quantitative estimate of drug-likeness (QED) is 0.483. The number of nitrogens with zero attached hydrogens (tertiary/aromatic N) is 3. The molecule has 0 atom stereocenters. The molecule has 0 aliphatic carbocycles. The number of aromatic nitrogens is 2. The molecule has 0 spiro atoms. The zero-order valence-electron chi connectivity index (χ0n) is 12.3. The first kappa shape index (κ1) is 15.2. The van der Waals surface area contributed by atoms with Crippen LogP contribution >= 0.6 is 0 Å². The van der Waals surface area contributed by atoms with Gasteiger partial charge in [-0.15, -0.1) is 0 Å². The zero-order chi connectivity index (χ0) is 15.2. The van der Waals surface area contributed by atoms with Crippen molar-refractivity contribution >= 4 is 5.69 Å². The van der Waals surface area contributed by atoms with E-state index >= 15 is 0 Å². The topological polar surface area (TPSA) is 73.0 Å². The lowest BCUT2D eigenvalue weighted by molar-refractivity contribution is -0.384. The van der Waals surface area contributed by atoms with Crippen molar-refractivity contribution in [1.29, 1.82) is 0 Å². The van der Waals surface area contributed by atoms with E-state index in [1.807, 2.05) is 16.9 Å². The molecule has 1 aromatic heterocycles. The molecule has 2 aromatic rings. The second-order valence-corrected chi connectivity index (χ2v) is 5.23. The number of nitrogens with one attached hydrogen (secondary N) is 1. The largest absolute Gasteiger partial charge is 0.311 e. The van der Waals surface area contributed by atoms with Crippen molar-refractivity contribution in [2.45, 2.75) is 32.9 Å². The van der Waals surface area contributed by atoms with E-state index in [1.165, 1.54) is 0 Å². The highest BCUT2D eigenvalue weighted by molar-refractivity contribution is 5.32. The lowest BCUT2D eigenvalue weighted by Gasteiger charge is -2.05. The van der Waals surface area contributed by atoms with Crippen LogP contribution in [0.2, 0.25) is 0 Å². The van der Waals surface area contributed by atoms with Crippen molar-refractivity contribution in [2.24, 2.45) is 0 Å². The number of hydrogen-bond donors (Lipinski definition) is 1. The smallest absolute Gasteiger partial charge is 0.269 e. The Bertz CT molecular complexity index is 590. The minimum absolute atomic E-state index is 0.130. The molecule has 0 aliphatic rings. The Labute approximate surface area is 123 Å². The fourth-order valence-corrected chi connectivity index (χ4v) is 1.99. The number of nitro groups is 1. The maximum Gasteiger partial charge on any atom is 0.269 e. The van der Waals surface area contributed by atoms with Gasteiger partial charge in [0.15, 0.2) is 0 Å². The van der Waals surface area contributed by atoms with Crippen LogP contribution in [0.3, 0.4) is 0 Å². The highest BCUT2D eigenvalue weighted by Crippen LogP contribution is 2.12. The van der Waals surface area contributed by atoms with E-state index < -0.39 is 0 Å². The summed E-state index contributed by atoms with van der Waals surface area (Å²) in [5.74, 6) is 0. The van der Waals surface area contributed by atoms with Crippen molar-refractivity contribution in [3.63, 3.8) is 0 Å². The van der Waals surface area contributed by atoms with Crippen molar-refractivity contribution in [2.75, 3.05) is 6.54 Å². The third-order valence-electron chi connectivity index (χ3n) is 3.24. The maximum atomic E-state index is 10.6. The van der Waals surface area contributed by atoms with Gasteiger partial charge in [-0.2, -0.15) is 5.10 Å². The molecule has 21 heavy (non-hydrogen) atoms. The second kappa shape index (κ2) is 6.99. The molecule has 112 valence electrons. The fourth-order valence-electron chi connectivity index (χ4n) is 1.99. The number of benzene rings is 1. The Morgan fingerprint density at radius 3 is 2.57 bits per heavy atom. The molecule has 0 aliphatic heterocycles. The van der Waals surface area contributed by atoms with E-state index in [2.05, 4.69) is 24.3 Å². The molecule has 0 saturated carbocycles. The Kier molecular flexibility index (Phi) is 5.05. The van der Waals surface area contributed by atoms with E-state index in [1.54, 1.807) is 24.3 Å². The van der Waals surface area contributed by atoms with Gasteiger partial charge < -0.3 is 5.32 Å². The first-order valence-corrected chi connectivity index (χ1v) is 7.04. The molecule has 0 bridgehead atoms. The van der Waals surface area contributed by atoms with Gasteiger partial charge in [0.2, 0.25) is 0 Å². The van der Waals surface area contributed by atoms with Crippen LogP contribution < -0.4 is 5.32 Å². The third-order valence-corrected chi connectivity index (χ3v) is 3.24. The molecule has 1 heterocycles. The summed E-state index contributed by atoms with van der Waals surface area (Å²) in [7, 11) is 0. The van der Waals surface area contributed by atoms with Crippen LogP contribution in [-0.4, -0.2) is 21.2 Å². The first-order valence-electron chi connectivity index (χ1n) is 7.04. The summed E-state index contributed by atoms with van der Waals surface area (Å²) in [6.07, 6.45) is 2.82. The molecular weight excluding hydrogens is 268 g/mol. The summed E-state index contributed by atoms with van der Waals surface area (Å²) in [5.41, 5.74) is 2.24. The summed E-state index contributed by atoms with van der Waals surface area (Å²) in [5, 5.41) is 18.4. The molecule has 0 amide bonds. The second-order valence-electron chi connectivity index (χ2n) is 5.23. The summed E-state index contributed by atoms with van der Waals surface area (Å²) >= 11 is 0. The van der Waals surface area contributed by atoms with Gasteiger partial charge >= 0.3 is 0 Å². The highest BCUT2D eigenvalue weighted by Gasteiger charge is 2.04. The SMILES string of the molecule is CC(C)n1ccc(CNCCc2ccc([N+](=O)[O-])cc2)n1. The predicted octanol–water partition coefficient (Wildman–Crippen LogP) is 2.70. The minimum Gasteiger partial charge on any atom is -0.311 e. The van der Waals surface area contributed by atoms with Crippen LogP contribution in [0.15, 0.2) is 36.5 Å². The van der Waals surface area contributed by atoms with Crippen LogP contribution in [0.1, 0.15) is 31.1 Å². The van der Waals surface area contributed by atoms with Crippen LogP contribution in [0.5, 0.6) is 0 Å². The summed E-state index contributed by atoms with van der Waals surface area (Å²) in [6, 6.07) is 9.07. The van der Waals surface area contributed by atoms with E-state index in [-0.39, 0.29) is 10.6 Å². The molecule has 6 nitrogen and oxygen atoms in total. The van der Waals surface area contributed by atoms with Gasteiger partial charge in [-0.1, -0.05) is 12.1 Å². The summed E-state index contributed by atoms with van der Waals surface area (Å²) < 4.78 is 1.94. The molecule has 0 unspecified atom stereocenters. The molecule has 2 rings (SSSR count). The standard InChI is InChI=1S/C15H20N4O2/c1-12(2)18-10-8-14(17-18)11-16-9-7-13-3-5-15(6-4-13)19(20)21/h3-6,8,10,12,16H,7,9,11H2,1-2H3. The van der Waals surface area contributed by atoms with Gasteiger partial charge in [-0.25, -0.2) is 0 Å². The van der Waals surface area contributed by atoms with Crippen LogP contribution in [0.25, 0.3) is 0 Å². The Hall–Kier alpha value is -2.21. The van der Waals surface area contributed by atoms with Gasteiger partial charge in [-0.05, 0) is 38.4 Å². The fraction of sp³-hybridized carbons (Fsp3) is 0.400. The number of nitro benzene ring substituents is 1. The van der Waals surface area contributed by atoms with Crippen molar-refractivity contribution in [3.05, 3.63) is 57.9 Å². The molecule has 6 heteroatoms. The van der Waals surface area contributed by atoms with E-state index in [4.69, 9.17) is 0 Å². The Morgan fingerprint density at radius 2 is 2.00 bits per heavy atom. The summed E-state index contributed by atoms with van der Waals surface area (Å²) in [6.45, 7) is 5.73. The van der Waals surface area contributed by atoms with Gasteiger partial charge in [0.1, 0.15) is 0 Å². The van der Waals surface area contributed by atoms with Crippen LogP contribution in [0.4, 0.5) is 5.69 Å². The third kappa shape index (κ3) is 4.39. The highest BCUT2D eigenvalue weighted by atomic mass is 16.6. The molecule has 1 N–H and O–H groups in total. The van der Waals surface area contributed by atoms with Crippen molar-refractivity contribution < 1.29 is 4.92 Å². The average molecular weight is 288 g/mol. The first-order chi connectivity index (χ1) is 10.1. The number of rotatable bonds is 7. The van der Waals surface area contributed by atoms with Crippen LogP contribution in [0, 0.1) is 10.1 Å². The van der Waals surface area contributed by atoms with E-state index in [0.717, 1.165) is 30.8 Å². The summed E-state index contributed by atoms with van der Waals surface area (Å²) in [4.78, 5) is 10.2. The van der Waals surface area contributed by atoms with Gasteiger partial charge in [0.05, 0.1) is 10.6 Å². The number of hydrogen-bond acceptors (Lipinski definition) is 4. The number of non-ortho nitro benzene ring substituents is 1. The Balaban J connectivity index is 1.75. The zero-order valence-corrected chi connectivity index (χ0v) is 12.3. The monoisotopic (exact) mass is 288 g/mol. The molecular formula is C15H20N4O2. The Morgan fingerprint density at radius 1 is 1.29 bits per heavy atom. The van der Waals surface area contributed by atoms with E-state index in [9.17, 15) is 10.1 Å². The van der Waals surface area contributed by atoms with Gasteiger partial charge in [-0.3, -0.25) is 14.8 Å². The molecule has 0 radical (unpaired) electrons. The van der Waals surface area contributed by atoms with Gasteiger partial charge in [0, 0.05) is 30.9 Å². The molecule has 1 aromatic carbocycles. The molecule has 0 fully saturated rings. The van der Waals surface area contributed by atoms with Crippen molar-refractivity contribution in [3.8, 4) is 0 Å². The lowest BCUT2D eigenvalue weighted by Crippen LogP contribution is -2.17. The van der Waals surface area contributed by atoms with Crippen molar-refractivity contribution in [1.82, 2.24) is 15.1 Å². The molecule has 0 saturated heterocycles. The minimum atomic E-state index is -0.382. The maximum absolute atomic E-state index is 10.6. The normalized spacial score (nSPS) is 11.0. The average Bonchev–Trinajstić information content (AvgIpc) is 2.93. The van der Waals surface area contributed by atoms with E-state index in [0.29, 0.717) is 6.04 Å².